The number of rotatable bonds is 7. The number of halogens is 2. The van der Waals surface area contributed by atoms with Crippen molar-refractivity contribution in [3.63, 3.8) is 0 Å². The van der Waals surface area contributed by atoms with Gasteiger partial charge in [0.25, 0.3) is 0 Å². The third-order valence-corrected chi connectivity index (χ3v) is 8.78. The van der Waals surface area contributed by atoms with Gasteiger partial charge in [0.2, 0.25) is 0 Å². The number of benzene rings is 3. The Morgan fingerprint density at radius 3 is 1.82 bits per heavy atom. The molecule has 9 rings (SSSR count). The largest absolute Gasteiger partial charge is 0.495 e. The summed E-state index contributed by atoms with van der Waals surface area (Å²) in [6.45, 7) is 1.34. The van der Waals surface area contributed by atoms with Crippen LogP contribution in [0.2, 0.25) is 0 Å². The van der Waals surface area contributed by atoms with E-state index in [0.717, 1.165) is 54.9 Å². The molecule has 0 saturated carbocycles. The van der Waals surface area contributed by atoms with E-state index >= 15 is 0 Å². The van der Waals surface area contributed by atoms with Crippen LogP contribution in [-0.2, 0) is 13.1 Å². The molecule has 14 nitrogen and oxygen atoms in total. The number of fused-ring (bicyclic) bond motifs is 4. The minimum Gasteiger partial charge on any atom is -0.495 e. The molecule has 0 spiro atoms. The molecule has 6 heterocycles. The van der Waals surface area contributed by atoms with Crippen LogP contribution in [0.4, 0.5) is 27.4 Å². The maximum Gasteiger partial charge on any atom is 0.187 e. The van der Waals surface area contributed by atoms with Gasteiger partial charge in [0.1, 0.15) is 46.2 Å². The molecule has 0 aliphatic carbocycles. The summed E-state index contributed by atoms with van der Waals surface area (Å²) in [5.74, 6) is 2.37. The third-order valence-electron chi connectivity index (χ3n) is 8.20. The predicted octanol–water partition coefficient (Wildman–Crippen LogP) is 6.64. The normalized spacial score (nSPS) is 12.5. The van der Waals surface area contributed by atoms with Crippen LogP contribution < -0.4 is 20.1 Å². The van der Waals surface area contributed by atoms with Crippen LogP contribution in [0, 0.1) is 5.82 Å². The molecule has 0 atom stereocenters. The van der Waals surface area contributed by atoms with Gasteiger partial charge in [-0.2, -0.15) is 10.2 Å². The highest BCUT2D eigenvalue weighted by atomic mass is 79.9. The molecular formula is C34H26BrFN12O2. The number of aromatic nitrogens is 8. The number of H-pyrrole nitrogens is 2. The number of methoxy groups -OCH3 is 2. The number of nitrogens with one attached hydrogen (secondary N) is 4. The zero-order valence-corrected chi connectivity index (χ0v) is 28.1. The van der Waals surface area contributed by atoms with Crippen LogP contribution in [0.15, 0.2) is 75.8 Å². The number of hydrogen-bond acceptors (Lipinski definition) is 12. The van der Waals surface area contributed by atoms with Gasteiger partial charge in [-0.1, -0.05) is 0 Å². The van der Waals surface area contributed by atoms with Crippen molar-refractivity contribution < 1.29 is 13.9 Å². The molecule has 4 N–H and O–H groups in total. The lowest BCUT2D eigenvalue weighted by Gasteiger charge is -2.13. The molecule has 0 fully saturated rings. The smallest absolute Gasteiger partial charge is 0.187 e. The summed E-state index contributed by atoms with van der Waals surface area (Å²) in [5.41, 5.74) is 8.58. The molecule has 0 amide bonds. The van der Waals surface area contributed by atoms with Crippen molar-refractivity contribution in [2.24, 2.45) is 9.98 Å². The molecular weight excluding hydrogens is 707 g/mol. The number of aliphatic imine (C=N–C) groups is 2. The maximum atomic E-state index is 13.3. The Kier molecular flexibility index (Phi) is 8.04. The number of aromatic amines is 2. The van der Waals surface area contributed by atoms with E-state index in [-0.39, 0.29) is 5.82 Å². The standard InChI is InChI=1S/C20H15FN6O.C14H11BrN6O/c1-28-16-7-13-9-22-8-12(13)6-15(16)25-19-17-18(11-2-4-14(21)5-3-11)26-27-20(17)24-10-23-19;1-22-10-3-8-5-16-4-7(8)2-9(10)19-13-11-12(15)20-21-14(11)18-6-17-13/h2-8,10H,9H2,1H3,(H2,23,24,25,26,27);2-4,6H,5H2,1H3,(H2,17,18,19,20,21). The van der Waals surface area contributed by atoms with Crippen molar-refractivity contribution in [1.82, 2.24) is 40.3 Å². The zero-order chi connectivity index (χ0) is 34.2. The van der Waals surface area contributed by atoms with Crippen molar-refractivity contribution in [1.29, 1.82) is 0 Å². The first kappa shape index (κ1) is 31.0. The molecule has 0 saturated heterocycles. The van der Waals surface area contributed by atoms with Crippen LogP contribution in [0.3, 0.4) is 0 Å². The van der Waals surface area contributed by atoms with Gasteiger partial charge >= 0.3 is 0 Å². The first-order chi connectivity index (χ1) is 24.5. The Labute approximate surface area is 291 Å². The number of ether oxygens (including phenoxy) is 2. The van der Waals surface area contributed by atoms with Crippen LogP contribution in [0.1, 0.15) is 22.3 Å². The van der Waals surface area contributed by atoms with Gasteiger partial charge in [-0.25, -0.2) is 24.3 Å². The minimum absolute atomic E-state index is 0.299. The fourth-order valence-corrected chi connectivity index (χ4v) is 6.21. The predicted molar refractivity (Wildman–Crippen MR) is 192 cm³/mol. The molecule has 0 unspecified atom stereocenters. The van der Waals surface area contributed by atoms with E-state index in [1.807, 2.05) is 36.7 Å². The van der Waals surface area contributed by atoms with Gasteiger partial charge in [0.05, 0.1) is 55.2 Å². The summed E-state index contributed by atoms with van der Waals surface area (Å²) in [4.78, 5) is 25.6. The van der Waals surface area contributed by atoms with Crippen molar-refractivity contribution in [3.05, 3.63) is 93.9 Å². The fourth-order valence-electron chi connectivity index (χ4n) is 5.76. The molecule has 50 heavy (non-hydrogen) atoms. The summed E-state index contributed by atoms with van der Waals surface area (Å²) in [6, 6.07) is 14.1. The van der Waals surface area contributed by atoms with Crippen molar-refractivity contribution in [3.8, 4) is 22.8 Å². The fraction of sp³-hybridized carbons (Fsp3) is 0.118. The molecule has 3 aromatic carbocycles. The average molecular weight is 734 g/mol. The van der Waals surface area contributed by atoms with Crippen LogP contribution in [0.5, 0.6) is 11.5 Å². The Balaban J connectivity index is 0.000000149. The second-order valence-electron chi connectivity index (χ2n) is 11.2. The van der Waals surface area contributed by atoms with Crippen LogP contribution >= 0.6 is 15.9 Å². The van der Waals surface area contributed by atoms with Crippen molar-refractivity contribution in [2.45, 2.75) is 13.1 Å². The Morgan fingerprint density at radius 2 is 1.24 bits per heavy atom. The van der Waals surface area contributed by atoms with E-state index in [1.165, 1.54) is 24.8 Å². The highest BCUT2D eigenvalue weighted by Crippen LogP contribution is 2.37. The van der Waals surface area contributed by atoms with Gasteiger partial charge in [-0.3, -0.25) is 20.2 Å². The van der Waals surface area contributed by atoms with E-state index in [0.29, 0.717) is 52.8 Å². The highest BCUT2D eigenvalue weighted by molar-refractivity contribution is 9.10. The lowest BCUT2D eigenvalue weighted by molar-refractivity contribution is 0.416. The molecule has 7 aromatic rings. The zero-order valence-electron chi connectivity index (χ0n) is 26.5. The second-order valence-corrected chi connectivity index (χ2v) is 12.0. The van der Waals surface area contributed by atoms with Gasteiger partial charge in [-0.05, 0) is 86.7 Å². The SMILES string of the molecule is COc1cc2c(cc1Nc1ncnc3n[nH]c(-c4ccc(F)cc4)c13)C=NC2.COc1cc2c(cc1Nc1ncnc3n[nH]c(Br)c13)C=NC2. The van der Waals surface area contributed by atoms with Crippen molar-refractivity contribution in [2.75, 3.05) is 24.9 Å². The molecule has 2 aliphatic heterocycles. The van der Waals surface area contributed by atoms with E-state index in [1.54, 1.807) is 26.4 Å². The van der Waals surface area contributed by atoms with E-state index in [2.05, 4.69) is 76.9 Å². The Hall–Kier alpha value is -6.29. The van der Waals surface area contributed by atoms with E-state index < -0.39 is 0 Å². The summed E-state index contributed by atoms with van der Waals surface area (Å²) in [7, 11) is 3.27. The summed E-state index contributed by atoms with van der Waals surface area (Å²) >= 11 is 3.43. The third kappa shape index (κ3) is 5.74. The monoisotopic (exact) mass is 732 g/mol. The first-order valence-electron chi connectivity index (χ1n) is 15.2. The van der Waals surface area contributed by atoms with Crippen LogP contribution in [0.25, 0.3) is 33.3 Å². The average Bonchev–Trinajstić information content (AvgIpc) is 3.95. The molecule has 0 bridgehead atoms. The highest BCUT2D eigenvalue weighted by Gasteiger charge is 2.19. The first-order valence-corrected chi connectivity index (χ1v) is 16.0. The van der Waals surface area contributed by atoms with Crippen molar-refractivity contribution >= 4 is 73.4 Å². The molecule has 16 heteroatoms. The quantitative estimate of drug-likeness (QED) is 0.139. The maximum absolute atomic E-state index is 13.3. The van der Waals surface area contributed by atoms with E-state index in [9.17, 15) is 4.39 Å². The molecule has 2 aliphatic rings. The number of nitrogens with zero attached hydrogens (tertiary/aromatic N) is 8. The number of anilines is 4. The topological polar surface area (TPSA) is 176 Å². The summed E-state index contributed by atoms with van der Waals surface area (Å²) < 4.78 is 25.1. The lowest BCUT2D eigenvalue weighted by atomic mass is 10.1. The summed E-state index contributed by atoms with van der Waals surface area (Å²) in [6.07, 6.45) is 6.63. The van der Waals surface area contributed by atoms with E-state index in [4.69, 9.17) is 9.47 Å². The minimum atomic E-state index is -0.299. The van der Waals surface area contributed by atoms with Gasteiger partial charge in [0.15, 0.2) is 11.3 Å². The Bertz CT molecular complexity index is 2460. The van der Waals surface area contributed by atoms with Gasteiger partial charge in [-0.15, -0.1) is 0 Å². The molecule has 0 radical (unpaired) electrons. The molecule has 4 aromatic heterocycles. The van der Waals surface area contributed by atoms with Gasteiger partial charge in [0, 0.05) is 18.0 Å². The molecule has 248 valence electrons. The number of hydrogen-bond donors (Lipinski definition) is 4. The summed E-state index contributed by atoms with van der Waals surface area (Å²) in [5, 5.41) is 22.3. The second kappa shape index (κ2) is 13.0. The van der Waals surface area contributed by atoms with Crippen LogP contribution in [-0.4, -0.2) is 67.0 Å². The van der Waals surface area contributed by atoms with Gasteiger partial charge < -0.3 is 20.1 Å². The Morgan fingerprint density at radius 1 is 0.700 bits per heavy atom. The lowest BCUT2D eigenvalue weighted by Crippen LogP contribution is -2.00.